The molecule has 4 N–H and O–H groups in total. The van der Waals surface area contributed by atoms with Gasteiger partial charge in [-0.25, -0.2) is 0 Å². The van der Waals surface area contributed by atoms with E-state index in [1.54, 1.807) is 0 Å². The Morgan fingerprint density at radius 2 is 1.86 bits per heavy atom. The molecule has 2 saturated heterocycles. The van der Waals surface area contributed by atoms with Gasteiger partial charge in [0.05, 0.1) is 31.5 Å². The highest BCUT2D eigenvalue weighted by Gasteiger charge is 2.47. The van der Waals surface area contributed by atoms with Crippen LogP contribution in [-0.4, -0.2) is 60.0 Å². The van der Waals surface area contributed by atoms with Crippen molar-refractivity contribution < 1.29 is 24.5 Å². The lowest BCUT2D eigenvalue weighted by Crippen LogP contribution is -2.42. The maximum Gasteiger partial charge on any atom is 0.239 e. The van der Waals surface area contributed by atoms with Crippen molar-refractivity contribution in [3.63, 3.8) is 0 Å². The van der Waals surface area contributed by atoms with E-state index in [2.05, 4.69) is 29.7 Å². The summed E-state index contributed by atoms with van der Waals surface area (Å²) in [5, 5.41) is 23.9. The van der Waals surface area contributed by atoms with Crippen molar-refractivity contribution in [1.29, 1.82) is 0 Å². The summed E-state index contributed by atoms with van der Waals surface area (Å²) in [6.45, 7) is 2.50. The van der Waals surface area contributed by atoms with Crippen molar-refractivity contribution in [2.75, 3.05) is 19.7 Å². The third kappa shape index (κ3) is 8.07. The first kappa shape index (κ1) is 23.8. The van der Waals surface area contributed by atoms with Gasteiger partial charge in [0.2, 0.25) is 11.8 Å². The van der Waals surface area contributed by atoms with Gasteiger partial charge in [0.25, 0.3) is 0 Å². The van der Waals surface area contributed by atoms with Crippen molar-refractivity contribution in [3.8, 4) is 0 Å². The van der Waals surface area contributed by atoms with E-state index >= 15 is 0 Å². The van der Waals surface area contributed by atoms with Crippen LogP contribution in [0.4, 0.5) is 0 Å². The smallest absolute Gasteiger partial charge is 0.239 e. The molecule has 2 rings (SSSR count). The van der Waals surface area contributed by atoms with Crippen LogP contribution in [0.3, 0.4) is 0 Å². The van der Waals surface area contributed by atoms with Crippen molar-refractivity contribution >= 4 is 11.8 Å². The molecule has 29 heavy (non-hydrogen) atoms. The van der Waals surface area contributed by atoms with Crippen LogP contribution in [0.5, 0.6) is 0 Å². The Morgan fingerprint density at radius 3 is 2.59 bits per heavy atom. The predicted octanol–water partition coefficient (Wildman–Crippen LogP) is 1.67. The number of aliphatic hydroxyl groups excluding tert-OH is 2. The first-order chi connectivity index (χ1) is 14.0. The zero-order valence-corrected chi connectivity index (χ0v) is 17.6. The molecule has 1 unspecified atom stereocenters. The molecule has 2 aliphatic heterocycles. The van der Waals surface area contributed by atoms with Gasteiger partial charge in [0, 0.05) is 18.9 Å². The maximum absolute atomic E-state index is 12.1. The van der Waals surface area contributed by atoms with Crippen LogP contribution in [-0.2, 0) is 14.3 Å². The van der Waals surface area contributed by atoms with Gasteiger partial charge >= 0.3 is 0 Å². The highest BCUT2D eigenvalue weighted by Crippen LogP contribution is 2.44. The predicted molar refractivity (Wildman–Crippen MR) is 111 cm³/mol. The molecule has 2 aliphatic rings. The molecule has 2 heterocycles. The fraction of sp³-hybridized carbons (Fsp3) is 0.818. The standard InChI is InChI=1S/C22H38N2O5/c1-2-3-5-10-21(27)24-14-22(28)23-13-18-17(19-11-12-20(18)29-19)9-7-4-6-8-16(26)15-25/h4,7,16-20,25-26H,2-3,5-6,8-15H2,1H3,(H,23,28)(H,24,27)/b7-4-/t16-,17?,18-,19+,20-/m1/s1. The summed E-state index contributed by atoms with van der Waals surface area (Å²) in [5.74, 6) is 0.470. The lowest BCUT2D eigenvalue weighted by atomic mass is 9.77. The van der Waals surface area contributed by atoms with Gasteiger partial charge in [-0.15, -0.1) is 0 Å². The number of hydrogen-bond acceptors (Lipinski definition) is 5. The van der Waals surface area contributed by atoms with Crippen LogP contribution in [0.2, 0.25) is 0 Å². The van der Waals surface area contributed by atoms with E-state index in [4.69, 9.17) is 9.84 Å². The summed E-state index contributed by atoms with van der Waals surface area (Å²) in [5.41, 5.74) is 0. The van der Waals surface area contributed by atoms with Crippen LogP contribution in [0.15, 0.2) is 12.2 Å². The van der Waals surface area contributed by atoms with E-state index in [1.807, 2.05) is 0 Å². The molecule has 2 bridgehead atoms. The van der Waals surface area contributed by atoms with Gasteiger partial charge in [0.15, 0.2) is 0 Å². The number of allylic oxidation sites excluding steroid dienone is 2. The van der Waals surface area contributed by atoms with Crippen molar-refractivity contribution in [2.45, 2.75) is 83.0 Å². The molecule has 7 heteroatoms. The van der Waals surface area contributed by atoms with Gasteiger partial charge in [-0.2, -0.15) is 0 Å². The first-order valence-corrected chi connectivity index (χ1v) is 11.2. The average molecular weight is 411 g/mol. The third-order valence-electron chi connectivity index (χ3n) is 6.03. The fourth-order valence-corrected chi connectivity index (χ4v) is 4.33. The molecule has 0 aliphatic carbocycles. The molecule has 0 radical (unpaired) electrons. The quantitative estimate of drug-likeness (QED) is 0.257. The van der Waals surface area contributed by atoms with Gasteiger partial charge in [-0.05, 0) is 44.4 Å². The highest BCUT2D eigenvalue weighted by molar-refractivity contribution is 5.84. The van der Waals surface area contributed by atoms with Crippen LogP contribution < -0.4 is 10.6 Å². The van der Waals surface area contributed by atoms with E-state index in [-0.39, 0.29) is 37.2 Å². The van der Waals surface area contributed by atoms with E-state index in [0.29, 0.717) is 31.2 Å². The number of unbranched alkanes of at least 4 members (excludes halogenated alkanes) is 2. The molecule has 0 spiro atoms. The average Bonchev–Trinajstić information content (AvgIpc) is 3.32. The first-order valence-electron chi connectivity index (χ1n) is 11.2. The molecule has 2 amide bonds. The lowest BCUT2D eigenvalue weighted by molar-refractivity contribution is -0.126. The number of nitrogens with one attached hydrogen (secondary N) is 2. The summed E-state index contributed by atoms with van der Waals surface area (Å²) >= 11 is 0. The third-order valence-corrected chi connectivity index (χ3v) is 6.03. The number of aliphatic hydroxyl groups is 2. The number of hydrogen-bond donors (Lipinski definition) is 4. The monoisotopic (exact) mass is 410 g/mol. The van der Waals surface area contributed by atoms with E-state index in [0.717, 1.165) is 44.9 Å². The fourth-order valence-electron chi connectivity index (χ4n) is 4.33. The minimum absolute atomic E-state index is 0.0321. The Balaban J connectivity index is 1.69. The molecule has 166 valence electrons. The van der Waals surface area contributed by atoms with Crippen LogP contribution in [0.25, 0.3) is 0 Å². The molecular weight excluding hydrogens is 372 g/mol. The van der Waals surface area contributed by atoms with Crippen molar-refractivity contribution in [1.82, 2.24) is 10.6 Å². The zero-order valence-electron chi connectivity index (χ0n) is 17.6. The Kier molecular flexibility index (Phi) is 10.7. The molecule has 5 atom stereocenters. The summed E-state index contributed by atoms with van der Waals surface area (Å²) in [7, 11) is 0. The highest BCUT2D eigenvalue weighted by atomic mass is 16.5. The summed E-state index contributed by atoms with van der Waals surface area (Å²) in [6, 6.07) is 0. The second-order valence-corrected chi connectivity index (χ2v) is 8.28. The largest absolute Gasteiger partial charge is 0.394 e. The second kappa shape index (κ2) is 13.0. The molecular formula is C22H38N2O5. The molecule has 0 aromatic carbocycles. The number of carbonyl (C=O) groups is 2. The molecule has 0 saturated carbocycles. The topological polar surface area (TPSA) is 108 Å². The van der Waals surface area contributed by atoms with Gasteiger partial charge in [-0.3, -0.25) is 9.59 Å². The summed E-state index contributed by atoms with van der Waals surface area (Å²) in [4.78, 5) is 23.8. The Labute approximate surface area is 174 Å². The van der Waals surface area contributed by atoms with Gasteiger partial charge in [-0.1, -0.05) is 31.9 Å². The van der Waals surface area contributed by atoms with Crippen molar-refractivity contribution in [2.24, 2.45) is 11.8 Å². The van der Waals surface area contributed by atoms with Gasteiger partial charge in [0.1, 0.15) is 0 Å². The molecule has 0 aromatic rings. The lowest BCUT2D eigenvalue weighted by Gasteiger charge is -2.27. The summed E-state index contributed by atoms with van der Waals surface area (Å²) < 4.78 is 6.07. The summed E-state index contributed by atoms with van der Waals surface area (Å²) in [6.07, 6.45) is 11.7. The number of rotatable bonds is 14. The van der Waals surface area contributed by atoms with Crippen LogP contribution in [0.1, 0.15) is 64.7 Å². The molecule has 2 fully saturated rings. The van der Waals surface area contributed by atoms with Gasteiger partial charge < -0.3 is 25.6 Å². The SMILES string of the molecule is CCCCCC(=O)NCC(=O)NC[C@@H]1C(C/C=C\CC[C@@H](O)CO)[C@@H]2CC[C@H]1O2. The maximum atomic E-state index is 12.1. The Morgan fingerprint density at radius 1 is 1.10 bits per heavy atom. The van der Waals surface area contributed by atoms with Crippen LogP contribution in [0, 0.1) is 11.8 Å². The number of amides is 2. The number of ether oxygens (including phenoxy) is 1. The minimum atomic E-state index is -0.652. The van der Waals surface area contributed by atoms with E-state index in [9.17, 15) is 14.7 Å². The van der Waals surface area contributed by atoms with E-state index < -0.39 is 6.10 Å². The number of fused-ring (bicyclic) bond motifs is 2. The Bertz CT molecular complexity index is 539. The van der Waals surface area contributed by atoms with E-state index in [1.165, 1.54) is 0 Å². The minimum Gasteiger partial charge on any atom is -0.394 e. The molecule has 7 nitrogen and oxygen atoms in total. The Hall–Kier alpha value is -1.44. The normalized spacial score (nSPS) is 26.7. The second-order valence-electron chi connectivity index (χ2n) is 8.28. The van der Waals surface area contributed by atoms with Crippen molar-refractivity contribution in [3.05, 3.63) is 12.2 Å². The zero-order chi connectivity index (χ0) is 21.1. The van der Waals surface area contributed by atoms with Crippen LogP contribution >= 0.6 is 0 Å². The molecule has 0 aromatic heterocycles. The number of carbonyl (C=O) groups excluding carboxylic acids is 2.